The molecule has 0 radical (unpaired) electrons. The molecular formula is C13H19NO5. The first kappa shape index (κ1) is 15.1. The van der Waals surface area contributed by atoms with Crippen LogP contribution in [0.2, 0.25) is 0 Å². The highest BCUT2D eigenvalue weighted by Gasteiger charge is 2.23. The number of hydrogen-bond acceptors (Lipinski definition) is 6. The van der Waals surface area contributed by atoms with Crippen LogP contribution in [0, 0.1) is 0 Å². The van der Waals surface area contributed by atoms with Crippen molar-refractivity contribution in [1.29, 1.82) is 0 Å². The monoisotopic (exact) mass is 269 g/mol. The highest BCUT2D eigenvalue weighted by atomic mass is 16.5. The minimum Gasteiger partial charge on any atom is -0.496 e. The standard InChI is InChI=1S/C13H19NO5/c1-5-19-13(15)12(14)8-6-10(17-3)11(18-4)7-9(8)16-2/h6-7,12H,5,14H2,1-4H3. The maximum atomic E-state index is 11.7. The molecule has 0 aliphatic heterocycles. The highest BCUT2D eigenvalue weighted by Crippen LogP contribution is 2.37. The van der Waals surface area contributed by atoms with Crippen molar-refractivity contribution in [1.82, 2.24) is 0 Å². The van der Waals surface area contributed by atoms with E-state index in [1.807, 2.05) is 0 Å². The Bertz CT molecular complexity index is 447. The third-order valence-electron chi connectivity index (χ3n) is 2.61. The molecule has 6 nitrogen and oxygen atoms in total. The zero-order valence-electron chi connectivity index (χ0n) is 11.6. The molecular weight excluding hydrogens is 250 g/mol. The van der Waals surface area contributed by atoms with Gasteiger partial charge in [0.1, 0.15) is 11.8 Å². The first-order valence-electron chi connectivity index (χ1n) is 5.81. The van der Waals surface area contributed by atoms with Gasteiger partial charge in [0.15, 0.2) is 11.5 Å². The Morgan fingerprint density at radius 1 is 1.11 bits per heavy atom. The number of carbonyl (C=O) groups excluding carboxylic acids is 1. The molecule has 19 heavy (non-hydrogen) atoms. The molecule has 1 atom stereocenters. The van der Waals surface area contributed by atoms with Crippen molar-refractivity contribution >= 4 is 5.97 Å². The molecule has 1 aromatic carbocycles. The van der Waals surface area contributed by atoms with Crippen molar-refractivity contribution in [2.75, 3.05) is 27.9 Å². The van der Waals surface area contributed by atoms with Crippen molar-refractivity contribution in [3.05, 3.63) is 17.7 Å². The second-order valence-electron chi connectivity index (χ2n) is 3.68. The Hall–Kier alpha value is -1.95. The van der Waals surface area contributed by atoms with Crippen LogP contribution in [0.3, 0.4) is 0 Å². The summed E-state index contributed by atoms with van der Waals surface area (Å²) in [5.41, 5.74) is 6.35. The van der Waals surface area contributed by atoms with Crippen molar-refractivity contribution in [2.24, 2.45) is 5.73 Å². The normalized spacial score (nSPS) is 11.6. The van der Waals surface area contributed by atoms with Gasteiger partial charge in [-0.1, -0.05) is 0 Å². The minimum absolute atomic E-state index is 0.266. The Morgan fingerprint density at radius 2 is 1.63 bits per heavy atom. The molecule has 0 bridgehead atoms. The Kier molecular flexibility index (Phi) is 5.44. The molecule has 106 valence electrons. The van der Waals surface area contributed by atoms with Crippen molar-refractivity contribution < 1.29 is 23.7 Å². The van der Waals surface area contributed by atoms with Gasteiger partial charge in [0.25, 0.3) is 0 Å². The van der Waals surface area contributed by atoms with Crippen LogP contribution < -0.4 is 19.9 Å². The molecule has 0 saturated heterocycles. The number of nitrogens with two attached hydrogens (primary N) is 1. The second-order valence-corrected chi connectivity index (χ2v) is 3.68. The second kappa shape index (κ2) is 6.84. The van der Waals surface area contributed by atoms with Gasteiger partial charge in [-0.15, -0.1) is 0 Å². The lowest BCUT2D eigenvalue weighted by atomic mass is 10.1. The van der Waals surface area contributed by atoms with Gasteiger partial charge in [0, 0.05) is 11.6 Å². The summed E-state index contributed by atoms with van der Waals surface area (Å²) in [4.78, 5) is 11.7. The number of hydrogen-bond donors (Lipinski definition) is 1. The molecule has 0 amide bonds. The summed E-state index contributed by atoms with van der Waals surface area (Å²) in [5.74, 6) is 0.892. The van der Waals surface area contributed by atoms with Crippen LogP contribution in [0.25, 0.3) is 0 Å². The summed E-state index contributed by atoms with van der Waals surface area (Å²) >= 11 is 0. The fourth-order valence-electron chi connectivity index (χ4n) is 1.65. The maximum Gasteiger partial charge on any atom is 0.327 e. The van der Waals surface area contributed by atoms with E-state index in [0.29, 0.717) is 22.8 Å². The molecule has 0 fully saturated rings. The van der Waals surface area contributed by atoms with E-state index in [1.54, 1.807) is 19.1 Å². The summed E-state index contributed by atoms with van der Waals surface area (Å²) in [7, 11) is 4.51. The predicted octanol–water partition coefficient (Wildman–Crippen LogP) is 1.28. The number of methoxy groups -OCH3 is 3. The van der Waals surface area contributed by atoms with Gasteiger partial charge in [-0.05, 0) is 13.0 Å². The molecule has 6 heteroatoms. The molecule has 2 N–H and O–H groups in total. The van der Waals surface area contributed by atoms with Gasteiger partial charge < -0.3 is 24.7 Å². The molecule has 0 aliphatic carbocycles. The third-order valence-corrected chi connectivity index (χ3v) is 2.61. The quantitative estimate of drug-likeness (QED) is 0.783. The van der Waals surface area contributed by atoms with Crippen LogP contribution in [0.1, 0.15) is 18.5 Å². The highest BCUT2D eigenvalue weighted by molar-refractivity contribution is 5.79. The van der Waals surface area contributed by atoms with E-state index in [9.17, 15) is 4.79 Å². The fourth-order valence-corrected chi connectivity index (χ4v) is 1.65. The zero-order valence-corrected chi connectivity index (χ0v) is 11.6. The van der Waals surface area contributed by atoms with Crippen molar-refractivity contribution in [3.63, 3.8) is 0 Å². The van der Waals surface area contributed by atoms with E-state index >= 15 is 0 Å². The predicted molar refractivity (Wildman–Crippen MR) is 69.7 cm³/mol. The third kappa shape index (κ3) is 3.29. The molecule has 0 aromatic heterocycles. The van der Waals surface area contributed by atoms with E-state index < -0.39 is 12.0 Å². The summed E-state index contributed by atoms with van der Waals surface area (Å²) in [5, 5.41) is 0. The summed E-state index contributed by atoms with van der Waals surface area (Å²) < 4.78 is 20.4. The minimum atomic E-state index is -0.935. The molecule has 0 spiro atoms. The van der Waals surface area contributed by atoms with Crippen LogP contribution in [-0.4, -0.2) is 33.9 Å². The van der Waals surface area contributed by atoms with E-state index in [0.717, 1.165) is 0 Å². The van der Waals surface area contributed by atoms with E-state index in [-0.39, 0.29) is 6.61 Å². The summed E-state index contributed by atoms with van der Waals surface area (Å²) in [6, 6.07) is 2.29. The van der Waals surface area contributed by atoms with Gasteiger partial charge in [-0.2, -0.15) is 0 Å². The number of benzene rings is 1. The lowest BCUT2D eigenvalue weighted by molar-refractivity contribution is -0.144. The number of rotatable bonds is 6. The van der Waals surface area contributed by atoms with Gasteiger partial charge in [0.2, 0.25) is 0 Å². The van der Waals surface area contributed by atoms with Gasteiger partial charge in [-0.25, -0.2) is 4.79 Å². The van der Waals surface area contributed by atoms with E-state index in [4.69, 9.17) is 24.7 Å². The van der Waals surface area contributed by atoms with Crippen molar-refractivity contribution in [2.45, 2.75) is 13.0 Å². The molecule has 1 aromatic rings. The Morgan fingerprint density at radius 3 is 2.11 bits per heavy atom. The smallest absolute Gasteiger partial charge is 0.327 e. The molecule has 0 heterocycles. The zero-order chi connectivity index (χ0) is 14.4. The molecule has 0 saturated carbocycles. The van der Waals surface area contributed by atoms with Gasteiger partial charge in [0.05, 0.1) is 27.9 Å². The van der Waals surface area contributed by atoms with Gasteiger partial charge >= 0.3 is 5.97 Å². The fraction of sp³-hybridized carbons (Fsp3) is 0.462. The summed E-state index contributed by atoms with van der Waals surface area (Å²) in [6.45, 7) is 1.98. The average Bonchev–Trinajstić information content (AvgIpc) is 2.45. The number of esters is 1. The SMILES string of the molecule is CCOC(=O)C(N)c1cc(OC)c(OC)cc1OC. The average molecular weight is 269 g/mol. The lowest BCUT2D eigenvalue weighted by Gasteiger charge is -2.17. The first-order chi connectivity index (χ1) is 9.08. The number of carbonyl (C=O) groups is 1. The molecule has 0 aliphatic rings. The Balaban J connectivity index is 3.21. The van der Waals surface area contributed by atoms with Gasteiger partial charge in [-0.3, -0.25) is 0 Å². The molecule has 1 unspecified atom stereocenters. The van der Waals surface area contributed by atoms with Crippen molar-refractivity contribution in [3.8, 4) is 17.2 Å². The largest absolute Gasteiger partial charge is 0.496 e. The van der Waals surface area contributed by atoms with E-state index in [2.05, 4.69) is 0 Å². The summed E-state index contributed by atoms with van der Waals surface area (Å²) in [6.07, 6.45) is 0. The lowest BCUT2D eigenvalue weighted by Crippen LogP contribution is -2.24. The maximum absolute atomic E-state index is 11.7. The van der Waals surface area contributed by atoms with Crippen LogP contribution in [-0.2, 0) is 9.53 Å². The Labute approximate surface area is 112 Å². The van der Waals surface area contributed by atoms with Crippen LogP contribution >= 0.6 is 0 Å². The van der Waals surface area contributed by atoms with Crippen LogP contribution in [0.15, 0.2) is 12.1 Å². The molecule has 1 rings (SSSR count). The van der Waals surface area contributed by atoms with Crippen LogP contribution in [0.5, 0.6) is 17.2 Å². The first-order valence-corrected chi connectivity index (χ1v) is 5.81. The van der Waals surface area contributed by atoms with E-state index in [1.165, 1.54) is 21.3 Å². The van der Waals surface area contributed by atoms with Crippen LogP contribution in [0.4, 0.5) is 0 Å². The topological polar surface area (TPSA) is 80.0 Å². The number of ether oxygens (including phenoxy) is 4.